The fourth-order valence-corrected chi connectivity index (χ4v) is 4.35. The molecule has 0 saturated heterocycles. The van der Waals surface area contributed by atoms with Crippen molar-refractivity contribution in [3.63, 3.8) is 0 Å². The van der Waals surface area contributed by atoms with Crippen LogP contribution < -0.4 is 4.74 Å². The average molecular weight is 481 g/mol. The molecule has 0 aliphatic rings. The maximum atomic E-state index is 11.5. The maximum Gasteiger partial charge on any atom is 0.306 e. The lowest BCUT2D eigenvalue weighted by atomic mass is 10.0. The second-order valence-electron chi connectivity index (χ2n) is 9.72. The van der Waals surface area contributed by atoms with Gasteiger partial charge in [-0.1, -0.05) is 127 Å². The summed E-state index contributed by atoms with van der Waals surface area (Å²) in [6, 6.07) is 16.5. The van der Waals surface area contributed by atoms with Gasteiger partial charge in [-0.2, -0.15) is 0 Å². The van der Waals surface area contributed by atoms with Gasteiger partial charge in [-0.15, -0.1) is 0 Å². The van der Waals surface area contributed by atoms with Crippen LogP contribution in [0.3, 0.4) is 0 Å². The monoisotopic (exact) mass is 480 g/mol. The summed E-state index contributed by atoms with van der Waals surface area (Å²) >= 11 is 0. The van der Waals surface area contributed by atoms with Crippen molar-refractivity contribution < 1.29 is 14.3 Å². The van der Waals surface area contributed by atoms with Gasteiger partial charge in [-0.25, -0.2) is 0 Å². The Morgan fingerprint density at radius 2 is 1.11 bits per heavy atom. The van der Waals surface area contributed by atoms with Crippen LogP contribution in [0, 0.1) is 0 Å². The number of hydrogen-bond donors (Lipinski definition) is 0. The summed E-state index contributed by atoms with van der Waals surface area (Å²) in [4.78, 5) is 11.5. The van der Waals surface area contributed by atoms with E-state index in [4.69, 9.17) is 9.47 Å². The molecule has 0 bridgehead atoms. The van der Waals surface area contributed by atoms with Crippen LogP contribution in [0.1, 0.15) is 122 Å². The van der Waals surface area contributed by atoms with Gasteiger partial charge < -0.3 is 9.47 Å². The molecule has 1 atom stereocenters. The molecule has 1 unspecified atom stereocenters. The molecule has 35 heavy (non-hydrogen) atoms. The summed E-state index contributed by atoms with van der Waals surface area (Å²) in [6.07, 6.45) is 17.9. The first-order chi connectivity index (χ1) is 17.1. The molecular weight excluding hydrogens is 432 g/mol. The molecule has 0 aromatic heterocycles. The van der Waals surface area contributed by atoms with Gasteiger partial charge in [0.1, 0.15) is 11.9 Å². The van der Waals surface area contributed by atoms with Crippen molar-refractivity contribution in [1.82, 2.24) is 0 Å². The normalized spacial score (nSPS) is 11.9. The third-order valence-electron chi connectivity index (χ3n) is 6.68. The largest absolute Gasteiger partial charge is 0.494 e. The van der Waals surface area contributed by atoms with Crippen molar-refractivity contribution in [1.29, 1.82) is 0 Å². The summed E-state index contributed by atoms with van der Waals surface area (Å²) < 4.78 is 11.3. The van der Waals surface area contributed by atoms with E-state index < -0.39 is 0 Å². The van der Waals surface area contributed by atoms with E-state index >= 15 is 0 Å². The Bertz CT molecular complexity index is 795. The highest BCUT2D eigenvalue weighted by Gasteiger charge is 2.10. The van der Waals surface area contributed by atoms with Crippen LogP contribution in [0.2, 0.25) is 0 Å². The fourth-order valence-electron chi connectivity index (χ4n) is 4.35. The van der Waals surface area contributed by atoms with Crippen molar-refractivity contribution in [2.45, 2.75) is 117 Å². The highest BCUT2D eigenvalue weighted by molar-refractivity contribution is 5.69. The first kappa shape index (κ1) is 28.9. The predicted molar refractivity (Wildman–Crippen MR) is 148 cm³/mol. The van der Waals surface area contributed by atoms with Crippen LogP contribution in [0.15, 0.2) is 48.5 Å². The molecule has 0 saturated carbocycles. The topological polar surface area (TPSA) is 35.5 Å². The molecule has 194 valence electrons. The molecule has 0 aliphatic heterocycles. The summed E-state index contributed by atoms with van der Waals surface area (Å²) in [5.41, 5.74) is 3.31. The van der Waals surface area contributed by atoms with Crippen LogP contribution in [0.4, 0.5) is 0 Å². The lowest BCUT2D eigenvalue weighted by Crippen LogP contribution is -2.07. The Balaban J connectivity index is 1.55. The Hall–Kier alpha value is -2.29. The smallest absolute Gasteiger partial charge is 0.306 e. The summed E-state index contributed by atoms with van der Waals surface area (Å²) in [5.74, 6) is 0.764. The third-order valence-corrected chi connectivity index (χ3v) is 6.68. The molecule has 0 radical (unpaired) electrons. The first-order valence-electron chi connectivity index (χ1n) is 14.2. The number of benzene rings is 2. The van der Waals surface area contributed by atoms with Gasteiger partial charge in [-0.3, -0.25) is 4.79 Å². The molecule has 2 aromatic rings. The van der Waals surface area contributed by atoms with Crippen molar-refractivity contribution in [2.24, 2.45) is 0 Å². The Morgan fingerprint density at radius 1 is 0.657 bits per heavy atom. The number of esters is 1. The van der Waals surface area contributed by atoms with E-state index in [0.29, 0.717) is 6.42 Å². The predicted octanol–water partition coefficient (Wildman–Crippen LogP) is 9.84. The number of hydrogen-bond acceptors (Lipinski definition) is 3. The van der Waals surface area contributed by atoms with Gasteiger partial charge in [0, 0.05) is 6.42 Å². The van der Waals surface area contributed by atoms with Crippen LogP contribution in [0.5, 0.6) is 5.75 Å². The summed E-state index contributed by atoms with van der Waals surface area (Å²) in [6.45, 7) is 6.79. The Kier molecular flexibility index (Phi) is 14.9. The van der Waals surface area contributed by atoms with Gasteiger partial charge in [0.25, 0.3) is 0 Å². The third kappa shape index (κ3) is 12.3. The number of rotatable bonds is 19. The lowest BCUT2D eigenvalue weighted by Gasteiger charge is -2.13. The molecule has 0 fully saturated rings. The number of carbonyl (C=O) groups excluding carboxylic acids is 1. The minimum atomic E-state index is -0.225. The minimum absolute atomic E-state index is 0.170. The molecule has 0 aliphatic carbocycles. The van der Waals surface area contributed by atoms with Crippen molar-refractivity contribution in [3.05, 3.63) is 54.1 Å². The van der Waals surface area contributed by atoms with Gasteiger partial charge in [-0.05, 0) is 42.2 Å². The quantitative estimate of drug-likeness (QED) is 0.148. The second-order valence-corrected chi connectivity index (χ2v) is 9.72. The number of carbonyl (C=O) groups is 1. The first-order valence-corrected chi connectivity index (χ1v) is 14.2. The number of unbranched alkanes of at least 4 members (excludes halogenated alkanes) is 12. The van der Waals surface area contributed by atoms with Gasteiger partial charge >= 0.3 is 5.97 Å². The number of ether oxygens (including phenoxy) is 2. The molecule has 0 amide bonds. The zero-order valence-corrected chi connectivity index (χ0v) is 22.5. The highest BCUT2D eigenvalue weighted by atomic mass is 16.5. The van der Waals surface area contributed by atoms with Crippen LogP contribution in [0.25, 0.3) is 11.1 Å². The van der Waals surface area contributed by atoms with Crippen molar-refractivity contribution in [2.75, 3.05) is 6.61 Å². The van der Waals surface area contributed by atoms with Crippen LogP contribution in [-0.2, 0) is 9.53 Å². The molecule has 0 spiro atoms. The van der Waals surface area contributed by atoms with Gasteiger partial charge in [0.15, 0.2) is 0 Å². The summed E-state index contributed by atoms with van der Waals surface area (Å²) in [7, 11) is 0. The van der Waals surface area contributed by atoms with Crippen LogP contribution in [-0.4, -0.2) is 12.6 Å². The van der Waals surface area contributed by atoms with E-state index in [1.165, 1.54) is 77.0 Å². The van der Waals surface area contributed by atoms with E-state index in [1.54, 1.807) is 0 Å². The molecule has 0 heterocycles. The summed E-state index contributed by atoms with van der Waals surface area (Å²) in [5, 5.41) is 0. The second kappa shape index (κ2) is 18.0. The van der Waals surface area contributed by atoms with E-state index in [-0.39, 0.29) is 12.1 Å². The Labute approximate surface area is 214 Å². The minimum Gasteiger partial charge on any atom is -0.494 e. The van der Waals surface area contributed by atoms with Crippen molar-refractivity contribution >= 4 is 5.97 Å². The fraction of sp³-hybridized carbons (Fsp3) is 0.594. The molecule has 2 rings (SSSR count). The van der Waals surface area contributed by atoms with E-state index in [9.17, 15) is 4.79 Å². The molecule has 2 aromatic carbocycles. The Morgan fingerprint density at radius 3 is 1.60 bits per heavy atom. The van der Waals surface area contributed by atoms with E-state index in [1.807, 2.05) is 26.0 Å². The zero-order valence-electron chi connectivity index (χ0n) is 22.5. The molecule has 3 nitrogen and oxygen atoms in total. The highest BCUT2D eigenvalue weighted by Crippen LogP contribution is 2.25. The SMILES string of the molecule is CCCCCCCCCCCCCCCOc1ccc(-c2ccc(C(C)OC(=O)CC)cc2)cc1. The van der Waals surface area contributed by atoms with Gasteiger partial charge in [0.2, 0.25) is 0 Å². The standard InChI is InChI=1S/C32H48O3/c1-4-6-7-8-9-10-11-12-13-14-15-16-17-26-34-31-24-22-30(23-25-31)29-20-18-28(19-21-29)27(3)35-32(33)5-2/h18-25,27H,4-17,26H2,1-3H3. The van der Waals surface area contributed by atoms with Crippen molar-refractivity contribution in [3.8, 4) is 16.9 Å². The lowest BCUT2D eigenvalue weighted by molar-refractivity contribution is -0.148. The van der Waals surface area contributed by atoms with Gasteiger partial charge in [0.05, 0.1) is 6.61 Å². The van der Waals surface area contributed by atoms with E-state index in [0.717, 1.165) is 35.5 Å². The van der Waals surface area contributed by atoms with E-state index in [2.05, 4.69) is 43.3 Å². The van der Waals surface area contributed by atoms with Crippen LogP contribution >= 0.6 is 0 Å². The zero-order chi connectivity index (χ0) is 25.1. The molecule has 3 heteroatoms. The molecule has 0 N–H and O–H groups in total. The average Bonchev–Trinajstić information content (AvgIpc) is 2.89. The molecular formula is C32H48O3. The maximum absolute atomic E-state index is 11.5.